The Hall–Kier alpha value is -2.77. The predicted molar refractivity (Wildman–Crippen MR) is 86.4 cm³/mol. The van der Waals surface area contributed by atoms with Gasteiger partial charge in [-0.3, -0.25) is 4.79 Å². The first-order valence-electron chi connectivity index (χ1n) is 7.52. The fourth-order valence-electron chi connectivity index (χ4n) is 2.19. The number of carbonyl (C=O) groups excluding carboxylic acids is 1. The summed E-state index contributed by atoms with van der Waals surface area (Å²) in [6.45, 7) is 2.46. The molecule has 8 heteroatoms. The Kier molecular flexibility index (Phi) is 6.00. The SMILES string of the molecule is CCNC(=O)CCc1nc(-c2cc(OC)c(OC)c(OC)c2)no1. The van der Waals surface area contributed by atoms with Crippen molar-refractivity contribution in [3.05, 3.63) is 18.0 Å². The van der Waals surface area contributed by atoms with E-state index in [1.165, 1.54) is 21.3 Å². The Morgan fingerprint density at radius 1 is 1.17 bits per heavy atom. The second-order valence-corrected chi connectivity index (χ2v) is 4.88. The molecular weight excluding hydrogens is 314 g/mol. The number of hydrogen-bond acceptors (Lipinski definition) is 7. The lowest BCUT2D eigenvalue weighted by atomic mass is 10.1. The van der Waals surface area contributed by atoms with E-state index in [1.807, 2.05) is 6.92 Å². The number of aryl methyl sites for hydroxylation is 1. The number of methoxy groups -OCH3 is 3. The van der Waals surface area contributed by atoms with Gasteiger partial charge in [0, 0.05) is 24.9 Å². The summed E-state index contributed by atoms with van der Waals surface area (Å²) in [5, 5.41) is 6.67. The van der Waals surface area contributed by atoms with Gasteiger partial charge in [0.05, 0.1) is 21.3 Å². The van der Waals surface area contributed by atoms with Crippen molar-refractivity contribution >= 4 is 5.91 Å². The smallest absolute Gasteiger partial charge is 0.227 e. The molecule has 0 radical (unpaired) electrons. The number of rotatable bonds is 8. The van der Waals surface area contributed by atoms with E-state index in [9.17, 15) is 4.79 Å². The first-order valence-corrected chi connectivity index (χ1v) is 7.52. The number of benzene rings is 1. The van der Waals surface area contributed by atoms with E-state index in [0.717, 1.165) is 0 Å². The average Bonchev–Trinajstić information content (AvgIpc) is 3.07. The third-order valence-corrected chi connectivity index (χ3v) is 3.33. The van der Waals surface area contributed by atoms with Gasteiger partial charge in [-0.25, -0.2) is 0 Å². The molecule has 1 aromatic carbocycles. The summed E-state index contributed by atoms with van der Waals surface area (Å²) in [5.74, 6) is 2.22. The highest BCUT2D eigenvalue weighted by atomic mass is 16.5. The summed E-state index contributed by atoms with van der Waals surface area (Å²) >= 11 is 0. The van der Waals surface area contributed by atoms with E-state index in [-0.39, 0.29) is 5.91 Å². The van der Waals surface area contributed by atoms with Crippen LogP contribution in [0.1, 0.15) is 19.2 Å². The second kappa shape index (κ2) is 8.19. The molecule has 1 amide bonds. The van der Waals surface area contributed by atoms with Crippen LogP contribution in [0.2, 0.25) is 0 Å². The maximum atomic E-state index is 11.5. The van der Waals surface area contributed by atoms with Gasteiger partial charge in [0.2, 0.25) is 23.4 Å². The standard InChI is InChI=1S/C16H21N3O5/c1-5-17-13(20)6-7-14-18-16(19-24-14)10-8-11(21-2)15(23-4)12(9-10)22-3/h8-9H,5-7H2,1-4H3,(H,17,20). The molecule has 0 spiro atoms. The van der Waals surface area contributed by atoms with Gasteiger partial charge in [0.25, 0.3) is 0 Å². The zero-order valence-corrected chi connectivity index (χ0v) is 14.2. The molecule has 0 unspecified atom stereocenters. The minimum Gasteiger partial charge on any atom is -0.493 e. The number of aromatic nitrogens is 2. The highest BCUT2D eigenvalue weighted by molar-refractivity contribution is 5.76. The Morgan fingerprint density at radius 2 is 1.83 bits per heavy atom. The van der Waals surface area contributed by atoms with Crippen molar-refractivity contribution in [2.75, 3.05) is 27.9 Å². The van der Waals surface area contributed by atoms with Crippen LogP contribution >= 0.6 is 0 Å². The van der Waals surface area contributed by atoms with Gasteiger partial charge < -0.3 is 24.1 Å². The van der Waals surface area contributed by atoms with Crippen molar-refractivity contribution in [1.29, 1.82) is 0 Å². The van der Waals surface area contributed by atoms with Gasteiger partial charge >= 0.3 is 0 Å². The van der Waals surface area contributed by atoms with Crippen molar-refractivity contribution in [2.24, 2.45) is 0 Å². The first kappa shape index (κ1) is 17.6. The molecule has 0 bridgehead atoms. The van der Waals surface area contributed by atoms with E-state index in [2.05, 4.69) is 15.5 Å². The van der Waals surface area contributed by atoms with Crippen molar-refractivity contribution in [1.82, 2.24) is 15.5 Å². The van der Waals surface area contributed by atoms with E-state index < -0.39 is 0 Å². The van der Waals surface area contributed by atoms with Gasteiger partial charge in [-0.05, 0) is 19.1 Å². The fraction of sp³-hybridized carbons (Fsp3) is 0.438. The molecule has 1 heterocycles. The number of nitrogens with one attached hydrogen (secondary N) is 1. The Balaban J connectivity index is 2.21. The van der Waals surface area contributed by atoms with Crippen molar-refractivity contribution < 1.29 is 23.5 Å². The zero-order valence-electron chi connectivity index (χ0n) is 14.2. The van der Waals surface area contributed by atoms with Crippen LogP contribution in [0, 0.1) is 0 Å². The number of nitrogens with zero attached hydrogens (tertiary/aromatic N) is 2. The van der Waals surface area contributed by atoms with Crippen LogP contribution in [-0.2, 0) is 11.2 Å². The minimum absolute atomic E-state index is 0.0509. The zero-order chi connectivity index (χ0) is 17.5. The highest BCUT2D eigenvalue weighted by Crippen LogP contribution is 2.40. The minimum atomic E-state index is -0.0509. The molecule has 0 saturated carbocycles. The lowest BCUT2D eigenvalue weighted by Gasteiger charge is -2.12. The topological polar surface area (TPSA) is 95.7 Å². The first-order chi connectivity index (χ1) is 11.6. The molecule has 2 rings (SSSR count). The molecule has 0 saturated heterocycles. The molecule has 0 aliphatic rings. The largest absolute Gasteiger partial charge is 0.493 e. The van der Waals surface area contributed by atoms with Gasteiger partial charge in [0.1, 0.15) is 0 Å². The quantitative estimate of drug-likeness (QED) is 0.786. The third-order valence-electron chi connectivity index (χ3n) is 3.33. The van der Waals surface area contributed by atoms with Crippen LogP contribution in [-0.4, -0.2) is 43.9 Å². The fourth-order valence-corrected chi connectivity index (χ4v) is 2.19. The van der Waals surface area contributed by atoms with E-state index in [0.29, 0.717) is 53.9 Å². The highest BCUT2D eigenvalue weighted by Gasteiger charge is 2.17. The van der Waals surface area contributed by atoms with Crippen LogP contribution < -0.4 is 19.5 Å². The maximum Gasteiger partial charge on any atom is 0.227 e. The molecule has 24 heavy (non-hydrogen) atoms. The molecule has 0 aliphatic heterocycles. The van der Waals surface area contributed by atoms with Gasteiger partial charge in [-0.2, -0.15) is 4.98 Å². The molecule has 130 valence electrons. The Labute approximate surface area is 140 Å². The molecule has 2 aromatic rings. The second-order valence-electron chi connectivity index (χ2n) is 4.88. The lowest BCUT2D eigenvalue weighted by molar-refractivity contribution is -0.121. The lowest BCUT2D eigenvalue weighted by Crippen LogP contribution is -2.22. The molecular formula is C16H21N3O5. The normalized spacial score (nSPS) is 10.3. The summed E-state index contributed by atoms with van der Waals surface area (Å²) < 4.78 is 21.1. The average molecular weight is 335 g/mol. The monoisotopic (exact) mass is 335 g/mol. The summed E-state index contributed by atoms with van der Waals surface area (Å²) in [5.41, 5.74) is 0.664. The van der Waals surface area contributed by atoms with Crippen molar-refractivity contribution in [3.63, 3.8) is 0 Å². The summed E-state index contributed by atoms with van der Waals surface area (Å²) in [7, 11) is 4.61. The number of hydrogen-bond donors (Lipinski definition) is 1. The number of amides is 1. The van der Waals surface area contributed by atoms with E-state index >= 15 is 0 Å². The third kappa shape index (κ3) is 3.95. The molecule has 1 aromatic heterocycles. The molecule has 0 aliphatic carbocycles. The van der Waals surface area contributed by atoms with Crippen LogP contribution in [0.5, 0.6) is 17.2 Å². The van der Waals surface area contributed by atoms with Crippen LogP contribution in [0.15, 0.2) is 16.7 Å². The van der Waals surface area contributed by atoms with Gasteiger partial charge in [-0.15, -0.1) is 0 Å². The molecule has 8 nitrogen and oxygen atoms in total. The van der Waals surface area contributed by atoms with Gasteiger partial charge in [0.15, 0.2) is 11.5 Å². The van der Waals surface area contributed by atoms with Gasteiger partial charge in [-0.1, -0.05) is 5.16 Å². The molecule has 0 atom stereocenters. The Bertz CT molecular complexity index is 674. The Morgan fingerprint density at radius 3 is 2.38 bits per heavy atom. The molecule has 1 N–H and O–H groups in total. The van der Waals surface area contributed by atoms with E-state index in [4.69, 9.17) is 18.7 Å². The predicted octanol–water partition coefficient (Wildman–Crippen LogP) is 1.83. The van der Waals surface area contributed by atoms with E-state index in [1.54, 1.807) is 12.1 Å². The van der Waals surface area contributed by atoms with Crippen LogP contribution in [0.3, 0.4) is 0 Å². The summed E-state index contributed by atoms with van der Waals surface area (Å²) in [4.78, 5) is 15.8. The number of ether oxygens (including phenoxy) is 3. The number of carbonyl (C=O) groups is 1. The summed E-state index contributed by atoms with van der Waals surface area (Å²) in [6, 6.07) is 3.47. The maximum absolute atomic E-state index is 11.5. The van der Waals surface area contributed by atoms with Crippen LogP contribution in [0.4, 0.5) is 0 Å². The van der Waals surface area contributed by atoms with Crippen molar-refractivity contribution in [2.45, 2.75) is 19.8 Å². The van der Waals surface area contributed by atoms with Crippen LogP contribution in [0.25, 0.3) is 11.4 Å². The molecule has 0 fully saturated rings. The summed E-state index contributed by atoms with van der Waals surface area (Å²) in [6.07, 6.45) is 0.675. The van der Waals surface area contributed by atoms with Crippen molar-refractivity contribution in [3.8, 4) is 28.6 Å².